The van der Waals surface area contributed by atoms with Crippen molar-refractivity contribution in [3.63, 3.8) is 0 Å². The third-order valence-corrected chi connectivity index (χ3v) is 6.37. The monoisotopic (exact) mass is 307 g/mol. The van der Waals surface area contributed by atoms with Gasteiger partial charge in [0.1, 0.15) is 5.51 Å². The van der Waals surface area contributed by atoms with Crippen LogP contribution in [0.2, 0.25) is 0 Å². The molecule has 0 radical (unpaired) electrons. The van der Waals surface area contributed by atoms with Crippen LogP contribution < -0.4 is 5.32 Å². The molecule has 2 heterocycles. The van der Waals surface area contributed by atoms with Crippen LogP contribution in [0, 0.1) is 0 Å². The number of hydrogen-bond acceptors (Lipinski definition) is 7. The van der Waals surface area contributed by atoms with Crippen LogP contribution in [0.1, 0.15) is 13.3 Å². The van der Waals surface area contributed by atoms with Crippen LogP contribution in [0.15, 0.2) is 9.85 Å². The largest absolute Gasteiger partial charge is 0.349 e. The van der Waals surface area contributed by atoms with Gasteiger partial charge in [-0.1, -0.05) is 23.1 Å². The number of thioether (sulfide) groups is 1. The lowest BCUT2D eigenvalue weighted by atomic mass is 10.0. The molecule has 1 aromatic heterocycles. The molecule has 0 unspecified atom stereocenters. The van der Waals surface area contributed by atoms with E-state index in [9.17, 15) is 13.2 Å². The van der Waals surface area contributed by atoms with E-state index in [2.05, 4.69) is 15.5 Å². The Morgan fingerprint density at radius 1 is 1.67 bits per heavy atom. The summed E-state index contributed by atoms with van der Waals surface area (Å²) in [5.74, 6) is 0.225. The van der Waals surface area contributed by atoms with E-state index in [0.29, 0.717) is 6.42 Å². The predicted molar refractivity (Wildman–Crippen MR) is 70.5 cm³/mol. The molecule has 1 atom stereocenters. The van der Waals surface area contributed by atoms with Gasteiger partial charge in [-0.05, 0) is 13.3 Å². The second kappa shape index (κ2) is 5.14. The first-order valence-electron chi connectivity index (χ1n) is 5.29. The van der Waals surface area contributed by atoms with Crippen LogP contribution in [0.5, 0.6) is 0 Å². The number of nitrogens with one attached hydrogen (secondary N) is 1. The van der Waals surface area contributed by atoms with Gasteiger partial charge in [0.25, 0.3) is 0 Å². The minimum atomic E-state index is -3.00. The fourth-order valence-corrected chi connectivity index (χ4v) is 5.22. The van der Waals surface area contributed by atoms with Gasteiger partial charge >= 0.3 is 0 Å². The van der Waals surface area contributed by atoms with E-state index >= 15 is 0 Å². The summed E-state index contributed by atoms with van der Waals surface area (Å²) in [6, 6.07) is 0. The molecule has 100 valence electrons. The van der Waals surface area contributed by atoms with Crippen LogP contribution in [-0.4, -0.2) is 47.3 Å². The normalized spacial score (nSPS) is 26.1. The summed E-state index contributed by atoms with van der Waals surface area (Å²) >= 11 is 2.67. The fourth-order valence-electron chi connectivity index (χ4n) is 1.83. The van der Waals surface area contributed by atoms with Gasteiger partial charge in [0, 0.05) is 0 Å². The van der Waals surface area contributed by atoms with Crippen molar-refractivity contribution in [3.05, 3.63) is 5.51 Å². The molecular weight excluding hydrogens is 294 g/mol. The van der Waals surface area contributed by atoms with Gasteiger partial charge in [-0.15, -0.1) is 10.2 Å². The molecule has 1 aromatic rings. The zero-order chi connectivity index (χ0) is 13.2. The van der Waals surface area contributed by atoms with E-state index in [4.69, 9.17) is 0 Å². The van der Waals surface area contributed by atoms with E-state index in [1.165, 1.54) is 23.1 Å². The summed E-state index contributed by atoms with van der Waals surface area (Å²) in [6.45, 7) is 1.77. The third kappa shape index (κ3) is 3.66. The second-order valence-corrected chi connectivity index (χ2v) is 8.68. The number of sulfone groups is 1. The van der Waals surface area contributed by atoms with E-state index in [1.54, 1.807) is 12.4 Å². The summed E-state index contributed by atoms with van der Waals surface area (Å²) in [5.41, 5.74) is 0.975. The highest BCUT2D eigenvalue weighted by Crippen LogP contribution is 2.24. The number of rotatable bonds is 4. The van der Waals surface area contributed by atoms with E-state index in [0.717, 1.165) is 4.34 Å². The van der Waals surface area contributed by atoms with Crippen LogP contribution in [0.4, 0.5) is 0 Å². The molecule has 1 N–H and O–H groups in total. The Morgan fingerprint density at radius 3 is 3.00 bits per heavy atom. The van der Waals surface area contributed by atoms with Gasteiger partial charge < -0.3 is 5.32 Å². The first kappa shape index (κ1) is 13.8. The maximum atomic E-state index is 11.7. The molecule has 1 amide bonds. The van der Waals surface area contributed by atoms with E-state index < -0.39 is 15.4 Å². The molecule has 6 nitrogen and oxygen atoms in total. The molecule has 1 saturated heterocycles. The first-order chi connectivity index (χ1) is 8.39. The Bertz CT molecular complexity index is 529. The van der Waals surface area contributed by atoms with Crippen LogP contribution >= 0.6 is 23.1 Å². The molecule has 0 aliphatic carbocycles. The van der Waals surface area contributed by atoms with Gasteiger partial charge in [0.2, 0.25) is 5.91 Å². The summed E-state index contributed by atoms with van der Waals surface area (Å²) < 4.78 is 23.5. The van der Waals surface area contributed by atoms with Gasteiger partial charge in [-0.3, -0.25) is 4.79 Å². The summed E-state index contributed by atoms with van der Waals surface area (Å²) in [4.78, 5) is 11.7. The average Bonchev–Trinajstić information content (AvgIpc) is 2.84. The standard InChI is InChI=1S/C9H13N3O3S3/c1-9(2-3-18(14,15)5-9)11-7(13)4-16-8-12-10-6-17-8/h6H,2-5H2,1H3,(H,11,13)/t9-/m0/s1. The van der Waals surface area contributed by atoms with Crippen molar-refractivity contribution in [1.82, 2.24) is 15.5 Å². The number of hydrogen-bond donors (Lipinski definition) is 1. The highest BCUT2D eigenvalue weighted by atomic mass is 32.2. The van der Waals surface area contributed by atoms with Crippen molar-refractivity contribution in [1.29, 1.82) is 0 Å². The zero-order valence-electron chi connectivity index (χ0n) is 9.75. The van der Waals surface area contributed by atoms with Crippen LogP contribution in [0.25, 0.3) is 0 Å². The summed E-state index contributed by atoms with van der Waals surface area (Å²) in [6.07, 6.45) is 0.477. The van der Waals surface area contributed by atoms with Gasteiger partial charge in [0.05, 0.1) is 22.8 Å². The van der Waals surface area contributed by atoms with E-state index in [-0.39, 0.29) is 23.2 Å². The quantitative estimate of drug-likeness (QED) is 0.806. The number of amides is 1. The van der Waals surface area contributed by atoms with Gasteiger partial charge in [-0.2, -0.15) is 0 Å². The maximum absolute atomic E-state index is 11.7. The van der Waals surface area contributed by atoms with Crippen molar-refractivity contribution in [2.45, 2.75) is 23.2 Å². The Kier molecular flexibility index (Phi) is 3.93. The SMILES string of the molecule is C[C@]1(NC(=O)CSc2nncs2)CCS(=O)(=O)C1. The number of aromatic nitrogens is 2. The molecule has 0 bridgehead atoms. The Hall–Kier alpha value is -0.670. The first-order valence-corrected chi connectivity index (χ1v) is 8.98. The Labute approximate surface area is 113 Å². The fraction of sp³-hybridized carbons (Fsp3) is 0.667. The lowest BCUT2D eigenvalue weighted by molar-refractivity contribution is -0.120. The van der Waals surface area contributed by atoms with Crippen molar-refractivity contribution in [2.24, 2.45) is 0 Å². The molecule has 2 rings (SSSR count). The molecule has 1 aliphatic rings. The smallest absolute Gasteiger partial charge is 0.230 e. The van der Waals surface area contributed by atoms with Crippen molar-refractivity contribution in [3.8, 4) is 0 Å². The lowest BCUT2D eigenvalue weighted by Crippen LogP contribution is -2.47. The topological polar surface area (TPSA) is 89.0 Å². The highest BCUT2D eigenvalue weighted by Gasteiger charge is 2.39. The average molecular weight is 307 g/mol. The van der Waals surface area contributed by atoms with Crippen molar-refractivity contribution < 1.29 is 13.2 Å². The van der Waals surface area contributed by atoms with Crippen LogP contribution in [0.3, 0.4) is 0 Å². The number of nitrogens with zero attached hydrogens (tertiary/aromatic N) is 2. The van der Waals surface area contributed by atoms with Gasteiger partial charge in [-0.25, -0.2) is 8.42 Å². The number of carbonyl (C=O) groups excluding carboxylic acids is 1. The summed E-state index contributed by atoms with van der Waals surface area (Å²) in [5, 5.41) is 10.3. The third-order valence-electron chi connectivity index (χ3n) is 2.61. The molecule has 9 heteroatoms. The zero-order valence-corrected chi connectivity index (χ0v) is 12.2. The number of carbonyl (C=O) groups is 1. The Morgan fingerprint density at radius 2 is 2.44 bits per heavy atom. The lowest BCUT2D eigenvalue weighted by Gasteiger charge is -2.23. The highest BCUT2D eigenvalue weighted by molar-refractivity contribution is 8.01. The second-order valence-electron chi connectivity index (χ2n) is 4.44. The van der Waals surface area contributed by atoms with Crippen molar-refractivity contribution in [2.75, 3.05) is 17.3 Å². The predicted octanol–water partition coefficient (Wildman–Crippen LogP) is 0.324. The molecule has 0 saturated carbocycles. The van der Waals surface area contributed by atoms with Crippen molar-refractivity contribution >= 4 is 38.8 Å². The van der Waals surface area contributed by atoms with Crippen LogP contribution in [-0.2, 0) is 14.6 Å². The molecule has 0 spiro atoms. The van der Waals surface area contributed by atoms with Gasteiger partial charge in [0.15, 0.2) is 14.2 Å². The van der Waals surface area contributed by atoms with E-state index in [1.807, 2.05) is 0 Å². The minimum Gasteiger partial charge on any atom is -0.349 e. The molecule has 1 aliphatic heterocycles. The summed E-state index contributed by atoms with van der Waals surface area (Å²) in [7, 11) is -3.00. The Balaban J connectivity index is 1.84. The molecule has 0 aromatic carbocycles. The molecule has 18 heavy (non-hydrogen) atoms. The molecular formula is C9H13N3O3S3. The molecule has 1 fully saturated rings. The maximum Gasteiger partial charge on any atom is 0.230 e. The minimum absolute atomic E-state index is 0.0230.